The first-order valence-corrected chi connectivity index (χ1v) is 7.38. The molecule has 0 saturated carbocycles. The minimum Gasteiger partial charge on any atom is -0.326 e. The molecule has 0 saturated heterocycles. The summed E-state index contributed by atoms with van der Waals surface area (Å²) in [6, 6.07) is 1.76. The Balaban J connectivity index is 2.58. The molecule has 2 N–H and O–H groups in total. The summed E-state index contributed by atoms with van der Waals surface area (Å²) in [5.74, 6) is 0.275. The summed E-state index contributed by atoms with van der Waals surface area (Å²) in [5.41, 5.74) is 7.71. The molecule has 94 valence electrons. The molecule has 6 heteroatoms. The number of pyridine rings is 1. The Morgan fingerprint density at radius 2 is 2.00 bits per heavy atom. The first-order chi connectivity index (χ1) is 7.94. The van der Waals surface area contributed by atoms with Crippen LogP contribution >= 0.6 is 0 Å². The van der Waals surface area contributed by atoms with Crippen LogP contribution in [0.2, 0.25) is 0 Å². The van der Waals surface area contributed by atoms with E-state index < -0.39 is 9.84 Å². The Morgan fingerprint density at radius 1 is 1.35 bits per heavy atom. The summed E-state index contributed by atoms with van der Waals surface area (Å²) < 4.78 is 24.7. The molecular formula is C11H16N2O3S. The van der Waals surface area contributed by atoms with Crippen molar-refractivity contribution in [1.82, 2.24) is 4.57 Å². The van der Waals surface area contributed by atoms with Crippen LogP contribution in [-0.2, 0) is 36.3 Å². The van der Waals surface area contributed by atoms with E-state index in [9.17, 15) is 13.2 Å². The number of rotatable bonds is 1. The molecule has 2 rings (SSSR count). The van der Waals surface area contributed by atoms with Crippen molar-refractivity contribution >= 4 is 9.84 Å². The fourth-order valence-electron chi connectivity index (χ4n) is 2.22. The Labute approximate surface area is 100 Å². The van der Waals surface area contributed by atoms with Crippen molar-refractivity contribution in [3.8, 4) is 0 Å². The third-order valence-electron chi connectivity index (χ3n) is 3.26. The molecule has 0 unspecified atom stereocenters. The molecule has 0 radical (unpaired) electrons. The number of aryl methyl sites for hydroxylation is 1. The molecule has 0 fully saturated rings. The number of sulfone groups is 1. The largest absolute Gasteiger partial charge is 0.326 e. The van der Waals surface area contributed by atoms with Crippen molar-refractivity contribution in [1.29, 1.82) is 0 Å². The Bertz CT molecular complexity index is 602. The van der Waals surface area contributed by atoms with Crippen LogP contribution in [0.4, 0.5) is 0 Å². The Morgan fingerprint density at radius 3 is 2.65 bits per heavy atom. The number of fused-ring (bicyclic) bond motifs is 1. The number of aromatic nitrogens is 1. The summed E-state index contributed by atoms with van der Waals surface area (Å²) in [6.45, 7) is 0.187. The quantitative estimate of drug-likeness (QED) is 0.724. The van der Waals surface area contributed by atoms with E-state index in [0.717, 1.165) is 11.3 Å². The second-order valence-corrected chi connectivity index (χ2v) is 6.67. The monoisotopic (exact) mass is 256 g/mol. The van der Waals surface area contributed by atoms with Crippen LogP contribution in [0.3, 0.4) is 0 Å². The first kappa shape index (κ1) is 12.3. The van der Waals surface area contributed by atoms with Crippen LogP contribution in [0.1, 0.15) is 16.8 Å². The topological polar surface area (TPSA) is 82.2 Å². The van der Waals surface area contributed by atoms with Crippen LogP contribution in [0.5, 0.6) is 0 Å². The summed E-state index contributed by atoms with van der Waals surface area (Å²) in [7, 11) is -1.30. The van der Waals surface area contributed by atoms with Gasteiger partial charge in [-0.25, -0.2) is 8.42 Å². The van der Waals surface area contributed by atoms with Crippen LogP contribution in [0.15, 0.2) is 10.9 Å². The number of nitrogens with two attached hydrogens (primary N) is 1. The number of hydrogen-bond acceptors (Lipinski definition) is 4. The predicted molar refractivity (Wildman–Crippen MR) is 65.6 cm³/mol. The van der Waals surface area contributed by atoms with Gasteiger partial charge in [-0.3, -0.25) is 4.79 Å². The maximum atomic E-state index is 11.9. The molecule has 0 bridgehead atoms. The normalized spacial score (nSPS) is 18.5. The van der Waals surface area contributed by atoms with Crippen LogP contribution < -0.4 is 11.3 Å². The van der Waals surface area contributed by atoms with Crippen LogP contribution in [-0.4, -0.2) is 24.5 Å². The number of hydrogen-bond donors (Lipinski definition) is 1. The van der Waals surface area contributed by atoms with Crippen molar-refractivity contribution < 1.29 is 8.42 Å². The lowest BCUT2D eigenvalue weighted by Crippen LogP contribution is -2.27. The van der Waals surface area contributed by atoms with Crippen LogP contribution in [0.25, 0.3) is 0 Å². The van der Waals surface area contributed by atoms with Gasteiger partial charge in [0, 0.05) is 31.3 Å². The third-order valence-corrected chi connectivity index (χ3v) is 4.91. The SMILES string of the molecule is Cn1c2c(cc(CN)c1=O)CCS(=O)(=O)CC2. The second kappa shape index (κ2) is 4.27. The average Bonchev–Trinajstić information content (AvgIpc) is 2.43. The molecular weight excluding hydrogens is 240 g/mol. The summed E-state index contributed by atoms with van der Waals surface area (Å²) in [5, 5.41) is 0. The first-order valence-electron chi connectivity index (χ1n) is 5.56. The van der Waals surface area contributed by atoms with E-state index in [4.69, 9.17) is 5.73 Å². The molecule has 1 aromatic heterocycles. The van der Waals surface area contributed by atoms with Crippen molar-refractivity contribution in [3.05, 3.63) is 33.2 Å². The molecule has 0 aliphatic carbocycles. The van der Waals surface area contributed by atoms with Gasteiger partial charge >= 0.3 is 0 Å². The predicted octanol–water partition coefficient (Wildman–Crippen LogP) is -0.643. The highest BCUT2D eigenvalue weighted by Gasteiger charge is 2.21. The summed E-state index contributed by atoms with van der Waals surface area (Å²) >= 11 is 0. The summed E-state index contributed by atoms with van der Waals surface area (Å²) in [4.78, 5) is 11.9. The molecule has 17 heavy (non-hydrogen) atoms. The molecule has 1 aliphatic rings. The standard InChI is InChI=1S/C11H16N2O3S/c1-13-10-3-5-17(15,16)4-2-8(10)6-9(7-12)11(13)14/h6H,2-5,7,12H2,1H3. The molecule has 0 atom stereocenters. The van der Waals surface area contributed by atoms with Gasteiger partial charge < -0.3 is 10.3 Å². The van der Waals surface area contributed by atoms with Crippen molar-refractivity contribution in [2.24, 2.45) is 12.8 Å². The Hall–Kier alpha value is -1.14. The lowest BCUT2D eigenvalue weighted by Gasteiger charge is -2.12. The lowest BCUT2D eigenvalue weighted by molar-refractivity contribution is 0.595. The van der Waals surface area contributed by atoms with Gasteiger partial charge in [0.2, 0.25) is 0 Å². The average molecular weight is 256 g/mol. The zero-order valence-electron chi connectivity index (χ0n) is 9.77. The maximum Gasteiger partial charge on any atom is 0.254 e. The fourth-order valence-corrected chi connectivity index (χ4v) is 3.46. The third kappa shape index (κ3) is 2.28. The van der Waals surface area contributed by atoms with Gasteiger partial charge in [-0.2, -0.15) is 0 Å². The van der Waals surface area contributed by atoms with Gasteiger partial charge in [0.15, 0.2) is 9.84 Å². The molecule has 0 spiro atoms. The van der Waals surface area contributed by atoms with E-state index in [1.807, 2.05) is 0 Å². The second-order valence-electron chi connectivity index (χ2n) is 4.36. The van der Waals surface area contributed by atoms with Crippen molar-refractivity contribution in [2.75, 3.05) is 11.5 Å². The Kier molecular flexibility index (Phi) is 3.09. The molecule has 1 aromatic rings. The zero-order chi connectivity index (χ0) is 12.6. The van der Waals surface area contributed by atoms with E-state index >= 15 is 0 Å². The van der Waals surface area contributed by atoms with Gasteiger partial charge in [-0.05, 0) is 18.1 Å². The van der Waals surface area contributed by atoms with E-state index in [0.29, 0.717) is 18.4 Å². The molecule has 5 nitrogen and oxygen atoms in total. The highest BCUT2D eigenvalue weighted by atomic mass is 32.2. The minimum atomic E-state index is -2.98. The van der Waals surface area contributed by atoms with E-state index in [1.165, 1.54) is 0 Å². The zero-order valence-corrected chi connectivity index (χ0v) is 10.6. The van der Waals surface area contributed by atoms with Gasteiger partial charge in [-0.1, -0.05) is 0 Å². The lowest BCUT2D eigenvalue weighted by atomic mass is 10.1. The van der Waals surface area contributed by atoms with Crippen molar-refractivity contribution in [3.63, 3.8) is 0 Å². The van der Waals surface area contributed by atoms with Gasteiger partial charge in [-0.15, -0.1) is 0 Å². The molecule has 0 amide bonds. The van der Waals surface area contributed by atoms with Crippen LogP contribution in [0, 0.1) is 0 Å². The molecule has 2 heterocycles. The smallest absolute Gasteiger partial charge is 0.254 e. The summed E-state index contributed by atoms with van der Waals surface area (Å²) in [6.07, 6.45) is 0.882. The van der Waals surface area contributed by atoms with Gasteiger partial charge in [0.1, 0.15) is 0 Å². The highest BCUT2D eigenvalue weighted by molar-refractivity contribution is 7.91. The number of nitrogens with zero attached hydrogens (tertiary/aromatic N) is 1. The van der Waals surface area contributed by atoms with E-state index in [2.05, 4.69) is 0 Å². The minimum absolute atomic E-state index is 0.120. The molecule has 0 aromatic carbocycles. The van der Waals surface area contributed by atoms with E-state index in [1.54, 1.807) is 17.7 Å². The van der Waals surface area contributed by atoms with Crippen molar-refractivity contribution in [2.45, 2.75) is 19.4 Å². The fraction of sp³-hybridized carbons (Fsp3) is 0.545. The van der Waals surface area contributed by atoms with Gasteiger partial charge in [0.25, 0.3) is 5.56 Å². The van der Waals surface area contributed by atoms with Gasteiger partial charge in [0.05, 0.1) is 11.5 Å². The maximum absolute atomic E-state index is 11.9. The molecule has 1 aliphatic heterocycles. The van der Waals surface area contributed by atoms with E-state index in [-0.39, 0.29) is 23.6 Å². The highest BCUT2D eigenvalue weighted by Crippen LogP contribution is 2.16.